The van der Waals surface area contributed by atoms with Gasteiger partial charge in [-0.05, 0) is 45.7 Å². The largest absolute Gasteiger partial charge is 0.458 e. The molecule has 0 bridgehead atoms. The van der Waals surface area contributed by atoms with Crippen LogP contribution < -0.4 is 5.69 Å². The summed E-state index contributed by atoms with van der Waals surface area (Å²) in [6.07, 6.45) is 3.62. The topological polar surface area (TPSA) is 79.0 Å². The summed E-state index contributed by atoms with van der Waals surface area (Å²) >= 11 is 6.12. The van der Waals surface area contributed by atoms with Crippen molar-refractivity contribution in [1.82, 2.24) is 19.3 Å². The number of hydrogen-bond donors (Lipinski definition) is 0. The Labute approximate surface area is 150 Å². The molecule has 0 fully saturated rings. The predicted octanol–water partition coefficient (Wildman–Crippen LogP) is 2.36. The Morgan fingerprint density at radius 1 is 1.44 bits per heavy atom. The fraction of sp³-hybridized carbons (Fsp3) is 0.529. The van der Waals surface area contributed by atoms with Crippen LogP contribution in [0, 0.1) is 0 Å². The molecule has 8 heteroatoms. The molecular weight excluding hydrogens is 344 g/mol. The molecule has 7 nitrogen and oxygen atoms in total. The van der Waals surface area contributed by atoms with Gasteiger partial charge in [-0.2, -0.15) is 5.10 Å². The number of halogens is 1. The van der Waals surface area contributed by atoms with E-state index in [9.17, 15) is 9.59 Å². The average Bonchev–Trinajstić information content (AvgIpc) is 2.84. The predicted molar refractivity (Wildman–Crippen MR) is 92.7 cm³/mol. The van der Waals surface area contributed by atoms with Gasteiger partial charge in [-0.25, -0.2) is 14.3 Å². The summed E-state index contributed by atoms with van der Waals surface area (Å²) < 4.78 is 8.23. The van der Waals surface area contributed by atoms with Gasteiger partial charge in [-0.15, -0.1) is 0 Å². The summed E-state index contributed by atoms with van der Waals surface area (Å²) in [5, 5.41) is 4.85. The van der Waals surface area contributed by atoms with E-state index in [0.29, 0.717) is 29.4 Å². The lowest BCUT2D eigenvalue weighted by molar-refractivity contribution is -0.159. The quantitative estimate of drug-likeness (QED) is 0.781. The molecule has 0 aliphatic carbocycles. The molecular formula is C17H21ClN4O3. The van der Waals surface area contributed by atoms with Crippen molar-refractivity contribution in [3.63, 3.8) is 0 Å². The van der Waals surface area contributed by atoms with E-state index in [2.05, 4.69) is 10.1 Å². The van der Waals surface area contributed by atoms with Gasteiger partial charge in [-0.1, -0.05) is 11.6 Å². The third-order valence-corrected chi connectivity index (χ3v) is 4.29. The number of carbonyl (C=O) groups is 1. The van der Waals surface area contributed by atoms with Crippen molar-refractivity contribution in [2.45, 2.75) is 58.2 Å². The molecule has 0 spiro atoms. The molecule has 134 valence electrons. The molecule has 1 atom stereocenters. The number of rotatable bonds is 3. The van der Waals surface area contributed by atoms with Crippen molar-refractivity contribution in [2.75, 3.05) is 0 Å². The van der Waals surface area contributed by atoms with Gasteiger partial charge >= 0.3 is 11.7 Å². The van der Waals surface area contributed by atoms with Crippen LogP contribution in [0.3, 0.4) is 0 Å². The summed E-state index contributed by atoms with van der Waals surface area (Å²) in [6, 6.07) is 2.81. The zero-order chi connectivity index (χ0) is 18.2. The van der Waals surface area contributed by atoms with E-state index in [4.69, 9.17) is 16.3 Å². The van der Waals surface area contributed by atoms with Crippen molar-refractivity contribution in [3.8, 4) is 0 Å². The van der Waals surface area contributed by atoms with Gasteiger partial charge in [0.25, 0.3) is 0 Å². The lowest BCUT2D eigenvalue weighted by Crippen LogP contribution is -2.38. The van der Waals surface area contributed by atoms with Crippen LogP contribution in [0.25, 0.3) is 0 Å². The van der Waals surface area contributed by atoms with Gasteiger partial charge in [0.1, 0.15) is 17.5 Å². The van der Waals surface area contributed by atoms with Crippen LogP contribution >= 0.6 is 11.6 Å². The van der Waals surface area contributed by atoms with Gasteiger partial charge in [-0.3, -0.25) is 9.55 Å². The van der Waals surface area contributed by atoms with Crippen LogP contribution in [-0.4, -0.2) is 30.9 Å². The lowest BCUT2D eigenvalue weighted by Gasteiger charge is -2.26. The van der Waals surface area contributed by atoms with Crippen molar-refractivity contribution in [2.24, 2.45) is 0 Å². The Bertz CT molecular complexity index is 850. The van der Waals surface area contributed by atoms with Gasteiger partial charge in [0, 0.05) is 12.6 Å². The first-order valence-electron chi connectivity index (χ1n) is 8.27. The standard InChI is InChI=1S/C17H21ClN4O3/c1-17(2,3)25-15(23)13-7-4-8-14-20-21(16(24)22(13)14)10-12-11(18)6-5-9-19-12/h5-6,9,13H,4,7-8,10H2,1-3H3/t13-/m0/s1. The summed E-state index contributed by atoms with van der Waals surface area (Å²) in [6.45, 7) is 5.59. The summed E-state index contributed by atoms with van der Waals surface area (Å²) in [7, 11) is 0. The molecule has 0 saturated carbocycles. The van der Waals surface area contributed by atoms with E-state index in [1.165, 1.54) is 9.25 Å². The molecule has 0 saturated heterocycles. The fourth-order valence-electron chi connectivity index (χ4n) is 2.90. The van der Waals surface area contributed by atoms with Gasteiger partial charge in [0.05, 0.1) is 17.3 Å². The Balaban J connectivity index is 1.93. The van der Waals surface area contributed by atoms with Crippen molar-refractivity contribution in [1.29, 1.82) is 0 Å². The molecule has 0 N–H and O–H groups in total. The highest BCUT2D eigenvalue weighted by molar-refractivity contribution is 6.31. The highest BCUT2D eigenvalue weighted by atomic mass is 35.5. The number of ether oxygens (including phenoxy) is 1. The monoisotopic (exact) mass is 364 g/mol. The number of esters is 1. The number of pyridine rings is 1. The van der Waals surface area contributed by atoms with Crippen LogP contribution in [0.1, 0.15) is 51.2 Å². The van der Waals surface area contributed by atoms with E-state index < -0.39 is 17.6 Å². The maximum absolute atomic E-state index is 12.8. The fourth-order valence-corrected chi connectivity index (χ4v) is 3.09. The first kappa shape index (κ1) is 17.7. The molecule has 2 aromatic heterocycles. The third-order valence-electron chi connectivity index (χ3n) is 3.94. The maximum atomic E-state index is 12.8. The van der Waals surface area contributed by atoms with Crippen molar-refractivity contribution >= 4 is 17.6 Å². The second kappa shape index (κ2) is 6.63. The Morgan fingerprint density at radius 3 is 2.88 bits per heavy atom. The molecule has 3 rings (SSSR count). The molecule has 25 heavy (non-hydrogen) atoms. The molecule has 1 aliphatic heterocycles. The zero-order valence-corrected chi connectivity index (χ0v) is 15.3. The second-order valence-electron chi connectivity index (χ2n) is 7.10. The molecule has 0 unspecified atom stereocenters. The first-order valence-corrected chi connectivity index (χ1v) is 8.64. The number of aryl methyl sites for hydroxylation is 1. The van der Waals surface area contributed by atoms with Crippen LogP contribution in [-0.2, 0) is 22.5 Å². The third kappa shape index (κ3) is 3.76. The smallest absolute Gasteiger partial charge is 0.347 e. The number of nitrogens with zero attached hydrogens (tertiary/aromatic N) is 4. The SMILES string of the molecule is CC(C)(C)OC(=O)[C@@H]1CCCc2nn(Cc3ncccc3Cl)c(=O)n21. The summed E-state index contributed by atoms with van der Waals surface area (Å²) in [5.74, 6) is 0.199. The highest BCUT2D eigenvalue weighted by Crippen LogP contribution is 2.25. The van der Waals surface area contributed by atoms with Crippen LogP contribution in [0.2, 0.25) is 5.02 Å². The van der Waals surface area contributed by atoms with Crippen molar-refractivity contribution < 1.29 is 9.53 Å². The van der Waals surface area contributed by atoms with E-state index in [-0.39, 0.29) is 12.2 Å². The van der Waals surface area contributed by atoms with E-state index in [1.54, 1.807) is 18.3 Å². The molecule has 1 aliphatic rings. The minimum atomic E-state index is -0.636. The average molecular weight is 365 g/mol. The Hall–Kier alpha value is -2.15. The van der Waals surface area contributed by atoms with E-state index in [0.717, 1.165) is 6.42 Å². The first-order chi connectivity index (χ1) is 11.8. The molecule has 0 amide bonds. The van der Waals surface area contributed by atoms with Gasteiger partial charge in [0.2, 0.25) is 0 Å². The normalized spacial score (nSPS) is 17.2. The van der Waals surface area contributed by atoms with E-state index >= 15 is 0 Å². The number of fused-ring (bicyclic) bond motifs is 1. The molecule has 3 heterocycles. The number of hydrogen-bond acceptors (Lipinski definition) is 5. The minimum absolute atomic E-state index is 0.166. The minimum Gasteiger partial charge on any atom is -0.458 e. The van der Waals surface area contributed by atoms with E-state index in [1.807, 2.05) is 20.8 Å². The molecule has 0 radical (unpaired) electrons. The Morgan fingerprint density at radius 2 is 2.20 bits per heavy atom. The van der Waals surface area contributed by atoms with Crippen molar-refractivity contribution in [3.05, 3.63) is 45.4 Å². The number of aromatic nitrogens is 4. The highest BCUT2D eigenvalue weighted by Gasteiger charge is 2.33. The van der Waals surface area contributed by atoms with Crippen LogP contribution in [0.4, 0.5) is 0 Å². The number of carbonyl (C=O) groups excluding carboxylic acids is 1. The van der Waals surface area contributed by atoms with Gasteiger partial charge in [0.15, 0.2) is 0 Å². The second-order valence-corrected chi connectivity index (χ2v) is 7.51. The summed E-state index contributed by atoms with van der Waals surface area (Å²) in [4.78, 5) is 29.5. The van der Waals surface area contributed by atoms with Crippen LogP contribution in [0.15, 0.2) is 23.1 Å². The zero-order valence-electron chi connectivity index (χ0n) is 14.5. The summed E-state index contributed by atoms with van der Waals surface area (Å²) in [5.41, 5.74) is -0.377. The van der Waals surface area contributed by atoms with Crippen LogP contribution in [0.5, 0.6) is 0 Å². The Kier molecular flexibility index (Phi) is 4.69. The molecule has 0 aromatic carbocycles. The van der Waals surface area contributed by atoms with Gasteiger partial charge < -0.3 is 4.74 Å². The lowest BCUT2D eigenvalue weighted by atomic mass is 10.0. The molecule has 2 aromatic rings. The maximum Gasteiger partial charge on any atom is 0.347 e.